The first-order chi connectivity index (χ1) is 16.9. The van der Waals surface area contributed by atoms with Crippen LogP contribution in [0, 0.1) is 0 Å². The molecule has 0 atom stereocenters. The van der Waals surface area contributed by atoms with Crippen LogP contribution in [-0.2, 0) is 11.8 Å². The molecular formula is C24H30N6O5. The summed E-state index contributed by atoms with van der Waals surface area (Å²) in [6, 6.07) is 6.76. The van der Waals surface area contributed by atoms with Crippen LogP contribution in [0.4, 0.5) is 0 Å². The Morgan fingerprint density at radius 1 is 1.03 bits per heavy atom. The molecule has 3 heterocycles. The van der Waals surface area contributed by atoms with E-state index in [1.165, 1.54) is 12.0 Å². The number of amides is 4. The first kappa shape index (κ1) is 24.4. The maximum absolute atomic E-state index is 12.8. The molecule has 4 amide bonds. The van der Waals surface area contributed by atoms with Crippen molar-refractivity contribution in [1.82, 2.24) is 29.8 Å². The fourth-order valence-corrected chi connectivity index (χ4v) is 4.39. The lowest BCUT2D eigenvalue weighted by Crippen LogP contribution is -2.50. The van der Waals surface area contributed by atoms with Crippen molar-refractivity contribution in [2.45, 2.75) is 12.8 Å². The van der Waals surface area contributed by atoms with Crippen molar-refractivity contribution in [2.75, 3.05) is 52.9 Å². The lowest BCUT2D eigenvalue weighted by molar-refractivity contribution is -0.121. The molecule has 0 spiro atoms. The predicted octanol–water partition coefficient (Wildman–Crippen LogP) is 0.379. The van der Waals surface area contributed by atoms with Gasteiger partial charge in [0.2, 0.25) is 11.8 Å². The number of fused-ring (bicyclic) bond motifs is 1. The number of carbonyl (C=O) groups is 4. The number of piperazine rings is 1. The second-order valence-corrected chi connectivity index (χ2v) is 8.62. The van der Waals surface area contributed by atoms with Gasteiger partial charge in [0.1, 0.15) is 5.56 Å². The number of nitrogens with zero attached hydrogens (tertiary/aromatic N) is 5. The molecule has 35 heavy (non-hydrogen) atoms. The molecule has 11 heteroatoms. The number of rotatable bonds is 9. The van der Waals surface area contributed by atoms with E-state index in [-0.39, 0.29) is 36.6 Å². The Hall–Kier alpha value is -3.73. The van der Waals surface area contributed by atoms with E-state index in [4.69, 9.17) is 4.74 Å². The second kappa shape index (κ2) is 10.7. The number of nitrogens with one attached hydrogen (secondary N) is 1. The number of hydrogen-bond donors (Lipinski definition) is 1. The van der Waals surface area contributed by atoms with Gasteiger partial charge in [0.25, 0.3) is 17.7 Å². The normalized spacial score (nSPS) is 15.9. The quantitative estimate of drug-likeness (QED) is 0.514. The van der Waals surface area contributed by atoms with Crippen LogP contribution in [0.1, 0.15) is 43.9 Å². The third-order valence-corrected chi connectivity index (χ3v) is 6.29. The molecule has 0 radical (unpaired) electrons. The van der Waals surface area contributed by atoms with E-state index >= 15 is 0 Å². The van der Waals surface area contributed by atoms with Crippen molar-refractivity contribution < 1.29 is 23.9 Å². The van der Waals surface area contributed by atoms with Crippen LogP contribution in [0.2, 0.25) is 0 Å². The van der Waals surface area contributed by atoms with Gasteiger partial charge < -0.3 is 15.0 Å². The zero-order valence-corrected chi connectivity index (χ0v) is 20.0. The van der Waals surface area contributed by atoms with Crippen LogP contribution in [0.5, 0.6) is 5.88 Å². The largest absolute Gasteiger partial charge is 0.479 e. The molecule has 0 unspecified atom stereocenters. The molecule has 0 bridgehead atoms. The van der Waals surface area contributed by atoms with Gasteiger partial charge in [-0.05, 0) is 18.6 Å². The van der Waals surface area contributed by atoms with Crippen molar-refractivity contribution in [1.29, 1.82) is 0 Å². The fourth-order valence-electron chi connectivity index (χ4n) is 4.39. The summed E-state index contributed by atoms with van der Waals surface area (Å²) in [5.74, 6) is -0.484. The Morgan fingerprint density at radius 2 is 1.69 bits per heavy atom. The van der Waals surface area contributed by atoms with Gasteiger partial charge in [-0.15, -0.1) is 5.10 Å². The molecule has 1 aromatic carbocycles. The summed E-state index contributed by atoms with van der Waals surface area (Å²) in [6.45, 7) is 4.00. The van der Waals surface area contributed by atoms with E-state index in [1.807, 2.05) is 0 Å². The highest BCUT2D eigenvalue weighted by atomic mass is 16.5. The van der Waals surface area contributed by atoms with Gasteiger partial charge in [-0.3, -0.25) is 33.7 Å². The molecule has 4 rings (SSSR count). The molecule has 1 N–H and O–H groups in total. The van der Waals surface area contributed by atoms with E-state index in [9.17, 15) is 19.2 Å². The van der Waals surface area contributed by atoms with Gasteiger partial charge in [0, 0.05) is 65.5 Å². The van der Waals surface area contributed by atoms with E-state index in [0.29, 0.717) is 68.3 Å². The Kier molecular flexibility index (Phi) is 7.45. The zero-order valence-electron chi connectivity index (χ0n) is 20.0. The van der Waals surface area contributed by atoms with E-state index in [1.54, 1.807) is 47.1 Å². The van der Waals surface area contributed by atoms with Gasteiger partial charge in [0.05, 0.1) is 18.2 Å². The Labute approximate surface area is 203 Å². The lowest BCUT2D eigenvalue weighted by Gasteiger charge is -2.34. The summed E-state index contributed by atoms with van der Waals surface area (Å²) in [7, 11) is 3.24. The van der Waals surface area contributed by atoms with E-state index in [2.05, 4.69) is 15.3 Å². The number of aryl methyl sites for hydroxylation is 1. The summed E-state index contributed by atoms with van der Waals surface area (Å²) in [5, 5.41) is 7.03. The molecule has 2 aliphatic heterocycles. The SMILES string of the molecule is COc1nn(C)cc1C(=O)N1CCN(CCNC(=O)CCCN2C(=O)c3ccccc3C2=O)CC1. The van der Waals surface area contributed by atoms with Crippen LogP contribution in [0.25, 0.3) is 0 Å². The number of imide groups is 1. The summed E-state index contributed by atoms with van der Waals surface area (Å²) in [4.78, 5) is 54.9. The lowest BCUT2D eigenvalue weighted by atomic mass is 10.1. The summed E-state index contributed by atoms with van der Waals surface area (Å²) in [6.07, 6.45) is 2.32. The molecule has 0 aliphatic carbocycles. The van der Waals surface area contributed by atoms with Crippen LogP contribution >= 0.6 is 0 Å². The fraction of sp³-hybridized carbons (Fsp3) is 0.458. The maximum Gasteiger partial charge on any atom is 0.261 e. The topological polar surface area (TPSA) is 117 Å². The third-order valence-electron chi connectivity index (χ3n) is 6.29. The summed E-state index contributed by atoms with van der Waals surface area (Å²) < 4.78 is 6.75. The summed E-state index contributed by atoms with van der Waals surface area (Å²) >= 11 is 0. The molecule has 11 nitrogen and oxygen atoms in total. The molecular weight excluding hydrogens is 452 g/mol. The minimum absolute atomic E-state index is 0.0963. The first-order valence-electron chi connectivity index (χ1n) is 11.7. The number of hydrogen-bond acceptors (Lipinski definition) is 7. The predicted molar refractivity (Wildman–Crippen MR) is 126 cm³/mol. The third kappa shape index (κ3) is 5.35. The van der Waals surface area contributed by atoms with Crippen molar-refractivity contribution >= 4 is 23.6 Å². The molecule has 1 aromatic heterocycles. The van der Waals surface area contributed by atoms with Crippen LogP contribution < -0.4 is 10.1 Å². The highest BCUT2D eigenvalue weighted by Crippen LogP contribution is 2.22. The Balaban J connectivity index is 1.13. The molecule has 186 valence electrons. The number of aromatic nitrogens is 2. The Morgan fingerprint density at radius 3 is 2.31 bits per heavy atom. The molecule has 1 fully saturated rings. The van der Waals surface area contributed by atoms with Gasteiger partial charge >= 0.3 is 0 Å². The number of ether oxygens (including phenoxy) is 1. The zero-order chi connectivity index (χ0) is 24.9. The van der Waals surface area contributed by atoms with Crippen molar-refractivity contribution in [3.05, 3.63) is 47.2 Å². The van der Waals surface area contributed by atoms with Crippen LogP contribution in [0.3, 0.4) is 0 Å². The summed E-state index contributed by atoms with van der Waals surface area (Å²) in [5.41, 5.74) is 1.29. The molecule has 1 saturated heterocycles. The van der Waals surface area contributed by atoms with Crippen LogP contribution in [0.15, 0.2) is 30.5 Å². The standard InChI is InChI=1S/C24H30N6O5/c1-27-16-19(21(26-27)35-2)22(32)29-14-12-28(13-15-29)11-9-25-20(31)8-5-10-30-23(33)17-6-3-4-7-18(17)24(30)34/h3-4,6-7,16H,5,8-15H2,1-2H3,(H,25,31). The van der Waals surface area contributed by atoms with Crippen molar-refractivity contribution in [3.63, 3.8) is 0 Å². The van der Waals surface area contributed by atoms with Gasteiger partial charge in [-0.2, -0.15) is 0 Å². The van der Waals surface area contributed by atoms with E-state index in [0.717, 1.165) is 0 Å². The smallest absolute Gasteiger partial charge is 0.261 e. The molecule has 0 saturated carbocycles. The van der Waals surface area contributed by atoms with Crippen molar-refractivity contribution in [3.8, 4) is 5.88 Å². The van der Waals surface area contributed by atoms with Gasteiger partial charge in [0.15, 0.2) is 0 Å². The minimum Gasteiger partial charge on any atom is -0.479 e. The van der Waals surface area contributed by atoms with E-state index < -0.39 is 0 Å². The average molecular weight is 483 g/mol. The maximum atomic E-state index is 12.8. The number of methoxy groups -OCH3 is 1. The second-order valence-electron chi connectivity index (χ2n) is 8.62. The van der Waals surface area contributed by atoms with Crippen LogP contribution in [-0.4, -0.2) is 101 Å². The molecule has 2 aromatic rings. The monoisotopic (exact) mass is 482 g/mol. The average Bonchev–Trinajstić information content (AvgIpc) is 3.36. The number of carbonyl (C=O) groups excluding carboxylic acids is 4. The molecule has 2 aliphatic rings. The first-order valence-corrected chi connectivity index (χ1v) is 11.7. The number of benzene rings is 1. The Bertz CT molecular complexity index is 1090. The van der Waals surface area contributed by atoms with Crippen molar-refractivity contribution in [2.24, 2.45) is 7.05 Å². The van der Waals surface area contributed by atoms with Gasteiger partial charge in [-0.1, -0.05) is 12.1 Å². The van der Waals surface area contributed by atoms with Gasteiger partial charge in [-0.25, -0.2) is 0 Å². The highest BCUT2D eigenvalue weighted by Gasteiger charge is 2.34. The highest BCUT2D eigenvalue weighted by molar-refractivity contribution is 6.21. The minimum atomic E-state index is -0.300.